The van der Waals surface area contributed by atoms with E-state index in [1.807, 2.05) is 28.7 Å². The van der Waals surface area contributed by atoms with E-state index in [0.717, 1.165) is 3.57 Å². The molecule has 2 nitrogen and oxygen atoms in total. The zero-order chi connectivity index (χ0) is 10.3. The second-order valence-corrected chi connectivity index (χ2v) is 5.48. The maximum atomic E-state index is 11.8. The van der Waals surface area contributed by atoms with Crippen molar-refractivity contribution in [2.24, 2.45) is 0 Å². The number of halogens is 3. The number of pyridine rings is 1. The number of aromatic nitrogens is 1. The summed E-state index contributed by atoms with van der Waals surface area (Å²) < 4.78 is 1.59. The third-order valence-electron chi connectivity index (χ3n) is 1.89. The fourth-order valence-corrected chi connectivity index (χ4v) is 2.57. The highest BCUT2D eigenvalue weighted by atomic mass is 127. The van der Waals surface area contributed by atoms with E-state index in [4.69, 9.17) is 11.6 Å². The van der Waals surface area contributed by atoms with Gasteiger partial charge in [-0.05, 0) is 57.3 Å². The van der Waals surface area contributed by atoms with Gasteiger partial charge in [0.2, 0.25) is 5.43 Å². The van der Waals surface area contributed by atoms with E-state index in [1.165, 1.54) is 0 Å². The van der Waals surface area contributed by atoms with Crippen molar-refractivity contribution < 1.29 is 0 Å². The zero-order valence-corrected chi connectivity index (χ0v) is 11.8. The van der Waals surface area contributed by atoms with Crippen LogP contribution < -0.4 is 5.43 Å². The molecule has 0 fully saturated rings. The molecule has 1 aromatic heterocycles. The second-order valence-electron chi connectivity index (χ2n) is 2.74. The summed E-state index contributed by atoms with van der Waals surface area (Å²) in [6.07, 6.45) is 1.67. The number of hydrogen-bond donors (Lipinski definition) is 1. The van der Waals surface area contributed by atoms with Crippen molar-refractivity contribution >= 4 is 67.7 Å². The quantitative estimate of drug-likeness (QED) is 0.638. The normalized spacial score (nSPS) is 10.8. The number of nitrogens with one attached hydrogen (secondary N) is 1. The Labute approximate surface area is 112 Å². The molecule has 1 N–H and O–H groups in total. The molecule has 1 heterocycles. The van der Waals surface area contributed by atoms with Crippen molar-refractivity contribution in [3.8, 4) is 0 Å². The number of benzene rings is 1. The molecule has 0 spiro atoms. The van der Waals surface area contributed by atoms with Gasteiger partial charge in [0, 0.05) is 9.77 Å². The van der Waals surface area contributed by atoms with Gasteiger partial charge in [0.15, 0.2) is 0 Å². The van der Waals surface area contributed by atoms with E-state index in [0.29, 0.717) is 19.5 Å². The lowest BCUT2D eigenvalue weighted by Crippen LogP contribution is -2.08. The van der Waals surface area contributed by atoms with E-state index in [1.54, 1.807) is 12.3 Å². The van der Waals surface area contributed by atoms with Gasteiger partial charge >= 0.3 is 0 Å². The van der Waals surface area contributed by atoms with Gasteiger partial charge < -0.3 is 4.98 Å². The third-order valence-corrected chi connectivity index (χ3v) is 3.91. The molecule has 0 saturated heterocycles. The van der Waals surface area contributed by atoms with Crippen LogP contribution in [0.5, 0.6) is 0 Å². The van der Waals surface area contributed by atoms with Gasteiger partial charge in [-0.2, -0.15) is 0 Å². The molecule has 0 aliphatic carbocycles. The fourth-order valence-electron chi connectivity index (χ4n) is 1.24. The van der Waals surface area contributed by atoms with Crippen LogP contribution in [0.1, 0.15) is 0 Å². The van der Waals surface area contributed by atoms with Crippen LogP contribution in [0.15, 0.2) is 23.1 Å². The minimum atomic E-state index is 0.0336. The molecule has 2 rings (SSSR count). The lowest BCUT2D eigenvalue weighted by molar-refractivity contribution is 1.35. The summed E-state index contributed by atoms with van der Waals surface area (Å²) >= 11 is 10.1. The fraction of sp³-hybridized carbons (Fsp3) is 0. The number of hydrogen-bond acceptors (Lipinski definition) is 1. The molecule has 0 bridgehead atoms. The average molecular weight is 431 g/mol. The highest BCUT2D eigenvalue weighted by molar-refractivity contribution is 14.1. The van der Waals surface area contributed by atoms with E-state index >= 15 is 0 Å². The first kappa shape index (κ1) is 10.7. The van der Waals surface area contributed by atoms with Gasteiger partial charge in [-0.1, -0.05) is 11.6 Å². The third kappa shape index (κ3) is 1.67. The van der Waals surface area contributed by atoms with Crippen LogP contribution in [-0.4, -0.2) is 4.98 Å². The molecule has 0 unspecified atom stereocenters. The van der Waals surface area contributed by atoms with Gasteiger partial charge in [-0.3, -0.25) is 4.79 Å². The molecule has 5 heteroatoms. The van der Waals surface area contributed by atoms with Gasteiger partial charge in [-0.15, -0.1) is 0 Å². The van der Waals surface area contributed by atoms with Crippen molar-refractivity contribution in [2.75, 3.05) is 0 Å². The number of aromatic amines is 1. The standard InChI is InChI=1S/C9H4ClI2NO/c10-4-1-2-5(11)7-8(4)13-3-6(12)9(7)14/h1-3H,(H,13,14). The summed E-state index contributed by atoms with van der Waals surface area (Å²) in [5, 5.41) is 1.25. The van der Waals surface area contributed by atoms with Crippen LogP contribution in [0, 0.1) is 7.14 Å². The number of fused-ring (bicyclic) bond motifs is 1. The maximum Gasteiger partial charge on any atom is 0.203 e. The van der Waals surface area contributed by atoms with Crippen molar-refractivity contribution in [2.45, 2.75) is 0 Å². The minimum Gasteiger partial charge on any atom is -0.359 e. The van der Waals surface area contributed by atoms with E-state index in [-0.39, 0.29) is 5.43 Å². The lowest BCUT2D eigenvalue weighted by Gasteiger charge is -2.02. The highest BCUT2D eigenvalue weighted by Crippen LogP contribution is 2.23. The van der Waals surface area contributed by atoms with Crippen LogP contribution in [0.3, 0.4) is 0 Å². The molecular formula is C9H4ClI2NO. The Kier molecular flexibility index (Phi) is 3.03. The van der Waals surface area contributed by atoms with E-state index < -0.39 is 0 Å². The van der Waals surface area contributed by atoms with E-state index in [2.05, 4.69) is 27.6 Å². The lowest BCUT2D eigenvalue weighted by atomic mass is 10.2. The molecule has 0 atom stereocenters. The minimum absolute atomic E-state index is 0.0336. The molecule has 2 aromatic rings. The van der Waals surface area contributed by atoms with Crippen molar-refractivity contribution in [3.63, 3.8) is 0 Å². The highest BCUT2D eigenvalue weighted by Gasteiger charge is 2.08. The molecule has 0 aliphatic rings. The summed E-state index contributed by atoms with van der Waals surface area (Å²) in [5.74, 6) is 0. The molecule has 0 radical (unpaired) electrons. The molecule has 0 saturated carbocycles. The predicted molar refractivity (Wildman–Crippen MR) is 75.0 cm³/mol. The Morgan fingerprint density at radius 1 is 1.21 bits per heavy atom. The van der Waals surface area contributed by atoms with Gasteiger partial charge in [0.1, 0.15) is 0 Å². The van der Waals surface area contributed by atoms with Crippen LogP contribution in [0.2, 0.25) is 5.02 Å². The summed E-state index contributed by atoms with van der Waals surface area (Å²) in [4.78, 5) is 14.8. The molecule has 14 heavy (non-hydrogen) atoms. The zero-order valence-electron chi connectivity index (χ0n) is 6.77. The number of rotatable bonds is 0. The van der Waals surface area contributed by atoms with Crippen LogP contribution in [0.4, 0.5) is 0 Å². The Hall–Kier alpha value is 0.180. The largest absolute Gasteiger partial charge is 0.359 e. The molecule has 72 valence electrons. The SMILES string of the molecule is O=c1c(I)c[nH]c2c(Cl)ccc(I)c12. The van der Waals surface area contributed by atoms with Crippen LogP contribution in [-0.2, 0) is 0 Å². The van der Waals surface area contributed by atoms with Crippen LogP contribution >= 0.6 is 56.8 Å². The topological polar surface area (TPSA) is 32.9 Å². The second kappa shape index (κ2) is 3.97. The van der Waals surface area contributed by atoms with Crippen LogP contribution in [0.25, 0.3) is 10.9 Å². The van der Waals surface area contributed by atoms with Crippen molar-refractivity contribution in [1.82, 2.24) is 4.98 Å². The van der Waals surface area contributed by atoms with Crippen molar-refractivity contribution in [1.29, 1.82) is 0 Å². The van der Waals surface area contributed by atoms with Crippen molar-refractivity contribution in [3.05, 3.63) is 40.7 Å². The molecule has 1 aromatic carbocycles. The first-order chi connectivity index (χ1) is 6.61. The Balaban J connectivity index is 3.09. The monoisotopic (exact) mass is 431 g/mol. The summed E-state index contributed by atoms with van der Waals surface area (Å²) in [5.41, 5.74) is 0.746. The first-order valence-corrected chi connectivity index (χ1v) is 6.29. The summed E-state index contributed by atoms with van der Waals surface area (Å²) in [7, 11) is 0. The predicted octanol–water partition coefficient (Wildman–Crippen LogP) is 3.39. The summed E-state index contributed by atoms with van der Waals surface area (Å²) in [6.45, 7) is 0. The summed E-state index contributed by atoms with van der Waals surface area (Å²) in [6, 6.07) is 3.63. The number of H-pyrrole nitrogens is 1. The Morgan fingerprint density at radius 2 is 1.93 bits per heavy atom. The van der Waals surface area contributed by atoms with Gasteiger partial charge in [0.25, 0.3) is 0 Å². The van der Waals surface area contributed by atoms with Gasteiger partial charge in [0.05, 0.1) is 19.5 Å². The average Bonchev–Trinajstić information content (AvgIpc) is 2.16. The maximum absolute atomic E-state index is 11.8. The molecule has 0 amide bonds. The Bertz CT molecular complexity index is 564. The molecular weight excluding hydrogens is 427 g/mol. The molecule has 0 aliphatic heterocycles. The van der Waals surface area contributed by atoms with Gasteiger partial charge in [-0.25, -0.2) is 0 Å². The Morgan fingerprint density at radius 3 is 2.64 bits per heavy atom. The first-order valence-electron chi connectivity index (χ1n) is 3.76. The smallest absolute Gasteiger partial charge is 0.203 e. The van der Waals surface area contributed by atoms with E-state index in [9.17, 15) is 4.79 Å².